The summed E-state index contributed by atoms with van der Waals surface area (Å²) in [5.41, 5.74) is 5.79. The van der Waals surface area contributed by atoms with Crippen LogP contribution >= 0.6 is 11.3 Å². The first-order chi connectivity index (χ1) is 8.65. The number of amides is 1. The molecule has 0 atom stereocenters. The number of nitrogens with zero attached hydrogens (tertiary/aromatic N) is 2. The summed E-state index contributed by atoms with van der Waals surface area (Å²) in [6, 6.07) is 0.492. The smallest absolute Gasteiger partial charge is 0.268 e. The van der Waals surface area contributed by atoms with Gasteiger partial charge in [0.25, 0.3) is 5.91 Å². The van der Waals surface area contributed by atoms with Gasteiger partial charge in [-0.3, -0.25) is 4.79 Å². The molecule has 18 heavy (non-hydrogen) atoms. The fraction of sp³-hybridized carbons (Fsp3) is 0.500. The van der Waals surface area contributed by atoms with Crippen molar-refractivity contribution in [2.45, 2.75) is 25.8 Å². The molecule has 0 radical (unpaired) electrons. The van der Waals surface area contributed by atoms with Crippen LogP contribution < -0.4 is 11.1 Å². The predicted octanol–water partition coefficient (Wildman–Crippen LogP) is 1.39. The van der Waals surface area contributed by atoms with Gasteiger partial charge >= 0.3 is 0 Å². The lowest BCUT2D eigenvalue weighted by atomic mass is 10.4. The van der Waals surface area contributed by atoms with Crippen LogP contribution in [0.25, 0.3) is 0 Å². The Morgan fingerprint density at radius 3 is 3.00 bits per heavy atom. The molecule has 1 amide bonds. The van der Waals surface area contributed by atoms with Crippen LogP contribution in [0.2, 0.25) is 0 Å². The molecule has 1 fully saturated rings. The highest BCUT2D eigenvalue weighted by molar-refractivity contribution is 7.18. The minimum Gasteiger partial charge on any atom is -0.382 e. The minimum absolute atomic E-state index is 0.144. The van der Waals surface area contributed by atoms with Crippen molar-refractivity contribution in [3.8, 4) is 12.3 Å². The number of hydrogen-bond donors (Lipinski definition) is 2. The number of carbonyl (C=O) groups excluding carboxylic acids is 1. The summed E-state index contributed by atoms with van der Waals surface area (Å²) >= 11 is 1.30. The lowest BCUT2D eigenvalue weighted by Crippen LogP contribution is -2.31. The molecule has 0 bridgehead atoms. The van der Waals surface area contributed by atoms with E-state index in [-0.39, 0.29) is 18.3 Å². The van der Waals surface area contributed by atoms with Crippen molar-refractivity contribution in [1.82, 2.24) is 9.88 Å². The number of rotatable bonds is 5. The number of hydrogen-bond acceptors (Lipinski definition) is 5. The second kappa shape index (κ2) is 5.27. The SMILES string of the molecule is C#CCN(CC)C(=O)c1sc(NC2CC2)nc1N. The largest absolute Gasteiger partial charge is 0.382 e. The second-order valence-electron chi connectivity index (χ2n) is 4.18. The lowest BCUT2D eigenvalue weighted by Gasteiger charge is -2.16. The van der Waals surface area contributed by atoms with Crippen molar-refractivity contribution >= 4 is 28.2 Å². The lowest BCUT2D eigenvalue weighted by molar-refractivity contribution is 0.0790. The van der Waals surface area contributed by atoms with E-state index in [1.807, 2.05) is 6.92 Å². The molecule has 0 aliphatic heterocycles. The second-order valence-corrected chi connectivity index (χ2v) is 5.17. The maximum Gasteiger partial charge on any atom is 0.268 e. The Balaban J connectivity index is 2.13. The third-order valence-corrected chi connectivity index (χ3v) is 3.69. The van der Waals surface area contributed by atoms with Crippen LogP contribution in [0.5, 0.6) is 0 Å². The summed E-state index contributed by atoms with van der Waals surface area (Å²) < 4.78 is 0. The summed E-state index contributed by atoms with van der Waals surface area (Å²) in [6.45, 7) is 2.74. The van der Waals surface area contributed by atoms with Gasteiger partial charge in [0.05, 0.1) is 6.54 Å². The minimum atomic E-state index is -0.144. The molecule has 0 unspecified atom stereocenters. The summed E-state index contributed by atoms with van der Waals surface area (Å²) in [7, 11) is 0. The fourth-order valence-corrected chi connectivity index (χ4v) is 2.46. The molecule has 0 spiro atoms. The van der Waals surface area contributed by atoms with E-state index in [4.69, 9.17) is 12.2 Å². The van der Waals surface area contributed by atoms with Gasteiger partial charge in [-0.05, 0) is 19.8 Å². The third kappa shape index (κ3) is 2.74. The maximum absolute atomic E-state index is 12.2. The number of aromatic nitrogens is 1. The molecule has 1 saturated carbocycles. The van der Waals surface area contributed by atoms with Gasteiger partial charge in [-0.1, -0.05) is 17.3 Å². The average molecular weight is 264 g/mol. The quantitative estimate of drug-likeness (QED) is 0.788. The first-order valence-electron chi connectivity index (χ1n) is 5.91. The zero-order valence-corrected chi connectivity index (χ0v) is 11.1. The third-order valence-electron chi connectivity index (χ3n) is 2.70. The van der Waals surface area contributed by atoms with Crippen molar-refractivity contribution in [1.29, 1.82) is 0 Å². The number of carbonyl (C=O) groups is 1. The van der Waals surface area contributed by atoms with Crippen LogP contribution in [0.1, 0.15) is 29.4 Å². The van der Waals surface area contributed by atoms with E-state index >= 15 is 0 Å². The summed E-state index contributed by atoms with van der Waals surface area (Å²) in [5.74, 6) is 2.61. The molecule has 2 rings (SSSR count). The molecule has 6 heteroatoms. The number of thiazole rings is 1. The van der Waals surface area contributed by atoms with Crippen LogP contribution in [0.3, 0.4) is 0 Å². The first kappa shape index (κ1) is 12.7. The number of terminal acetylenes is 1. The van der Waals surface area contributed by atoms with Gasteiger partial charge in [-0.25, -0.2) is 4.98 Å². The normalized spacial score (nSPS) is 14.0. The molecular formula is C12H16N4OS. The van der Waals surface area contributed by atoms with Crippen molar-refractivity contribution in [3.05, 3.63) is 4.88 Å². The molecule has 96 valence electrons. The molecule has 1 aromatic heterocycles. The number of anilines is 2. The van der Waals surface area contributed by atoms with E-state index in [9.17, 15) is 4.79 Å². The number of nitrogen functional groups attached to an aromatic ring is 1. The Labute approximate surface area is 110 Å². The topological polar surface area (TPSA) is 71.2 Å². The maximum atomic E-state index is 12.2. The van der Waals surface area contributed by atoms with E-state index in [2.05, 4.69) is 16.2 Å². The van der Waals surface area contributed by atoms with Crippen LogP contribution in [0, 0.1) is 12.3 Å². The molecule has 1 aromatic rings. The van der Waals surface area contributed by atoms with E-state index < -0.39 is 0 Å². The van der Waals surface area contributed by atoms with E-state index in [1.54, 1.807) is 4.90 Å². The highest BCUT2D eigenvalue weighted by Crippen LogP contribution is 2.31. The van der Waals surface area contributed by atoms with Gasteiger partial charge in [0, 0.05) is 12.6 Å². The fourth-order valence-electron chi connectivity index (χ4n) is 1.53. The Morgan fingerprint density at radius 1 is 1.72 bits per heavy atom. The summed E-state index contributed by atoms with van der Waals surface area (Å²) in [5, 5.41) is 3.95. The molecule has 0 saturated heterocycles. The Morgan fingerprint density at radius 2 is 2.44 bits per heavy atom. The highest BCUT2D eigenvalue weighted by Gasteiger charge is 2.25. The molecule has 1 aliphatic carbocycles. The molecule has 5 nitrogen and oxygen atoms in total. The van der Waals surface area contributed by atoms with Gasteiger partial charge in [-0.2, -0.15) is 0 Å². The van der Waals surface area contributed by atoms with Gasteiger partial charge < -0.3 is 16.0 Å². The monoisotopic (exact) mass is 264 g/mol. The van der Waals surface area contributed by atoms with Crippen LogP contribution in [0.4, 0.5) is 10.9 Å². The highest BCUT2D eigenvalue weighted by atomic mass is 32.1. The van der Waals surface area contributed by atoms with Crippen LogP contribution in [-0.2, 0) is 0 Å². The first-order valence-corrected chi connectivity index (χ1v) is 6.73. The van der Waals surface area contributed by atoms with Gasteiger partial charge in [-0.15, -0.1) is 6.42 Å². The molecular weight excluding hydrogens is 248 g/mol. The van der Waals surface area contributed by atoms with Crippen LogP contribution in [0.15, 0.2) is 0 Å². The zero-order valence-electron chi connectivity index (χ0n) is 10.3. The molecule has 3 N–H and O–H groups in total. The van der Waals surface area contributed by atoms with E-state index in [1.165, 1.54) is 11.3 Å². The summed E-state index contributed by atoms with van der Waals surface area (Å²) in [6.07, 6.45) is 7.55. The van der Waals surface area contributed by atoms with Gasteiger partial charge in [0.15, 0.2) is 5.13 Å². The van der Waals surface area contributed by atoms with Crippen molar-refractivity contribution < 1.29 is 4.79 Å². The summed E-state index contributed by atoms with van der Waals surface area (Å²) in [4.78, 5) is 18.4. The van der Waals surface area contributed by atoms with Crippen molar-refractivity contribution in [2.75, 3.05) is 24.1 Å². The molecule has 0 aromatic carbocycles. The number of nitrogens with one attached hydrogen (secondary N) is 1. The van der Waals surface area contributed by atoms with Crippen LogP contribution in [-0.4, -0.2) is 34.9 Å². The number of nitrogens with two attached hydrogens (primary N) is 1. The average Bonchev–Trinajstić information content (AvgIpc) is 3.08. The Bertz CT molecular complexity index is 487. The standard InChI is InChI=1S/C12H16N4OS/c1-3-7-16(4-2)11(17)9-10(13)15-12(18-9)14-8-5-6-8/h1,8H,4-7,13H2,2H3,(H,14,15). The van der Waals surface area contributed by atoms with E-state index in [0.29, 0.717) is 17.5 Å². The zero-order chi connectivity index (χ0) is 13.1. The van der Waals surface area contributed by atoms with Crippen molar-refractivity contribution in [2.24, 2.45) is 0 Å². The Kier molecular flexibility index (Phi) is 3.72. The molecule has 1 heterocycles. The van der Waals surface area contributed by atoms with Gasteiger partial charge in [0.2, 0.25) is 0 Å². The van der Waals surface area contributed by atoms with E-state index in [0.717, 1.165) is 18.0 Å². The molecule has 1 aliphatic rings. The predicted molar refractivity (Wildman–Crippen MR) is 73.6 cm³/mol. The Hall–Kier alpha value is -1.74. The van der Waals surface area contributed by atoms with Crippen molar-refractivity contribution in [3.63, 3.8) is 0 Å². The van der Waals surface area contributed by atoms with Gasteiger partial charge in [0.1, 0.15) is 10.7 Å².